The van der Waals surface area contributed by atoms with Crippen LogP contribution in [0.1, 0.15) is 25.5 Å². The van der Waals surface area contributed by atoms with Crippen molar-refractivity contribution in [2.75, 3.05) is 18.5 Å². The van der Waals surface area contributed by atoms with Crippen LogP contribution in [-0.2, 0) is 0 Å². The lowest BCUT2D eigenvalue weighted by Crippen LogP contribution is -2.22. The van der Waals surface area contributed by atoms with E-state index in [1.54, 1.807) is 36.2 Å². The van der Waals surface area contributed by atoms with E-state index in [1.165, 1.54) is 12.1 Å². The molecule has 2 nitrogen and oxygen atoms in total. The molecule has 0 aliphatic heterocycles. The lowest BCUT2D eigenvalue weighted by atomic mass is 10.0. The van der Waals surface area contributed by atoms with Gasteiger partial charge in [0.25, 0.3) is 0 Å². The number of hydrogen-bond acceptors (Lipinski definition) is 2. The largest absolute Gasteiger partial charge is 0.340 e. The highest BCUT2D eigenvalue weighted by atomic mass is 19.1. The topological polar surface area (TPSA) is 15.3 Å². The fourth-order valence-corrected chi connectivity index (χ4v) is 2.50. The van der Waals surface area contributed by atoms with Gasteiger partial charge in [-0.3, -0.25) is 0 Å². The van der Waals surface area contributed by atoms with Gasteiger partial charge in [0.1, 0.15) is 11.6 Å². The molecule has 0 saturated carbocycles. The predicted octanol–water partition coefficient (Wildman–Crippen LogP) is 4.40. The zero-order valence-corrected chi connectivity index (χ0v) is 12.5. The SMILES string of the molecule is CCNC(C)c1cccc(F)c1N(C)c1ccccc1F. The van der Waals surface area contributed by atoms with Crippen molar-refractivity contribution in [1.29, 1.82) is 0 Å². The van der Waals surface area contributed by atoms with Crippen LogP contribution in [0.15, 0.2) is 42.5 Å². The monoisotopic (exact) mass is 290 g/mol. The van der Waals surface area contributed by atoms with Crippen molar-refractivity contribution < 1.29 is 8.78 Å². The Bertz CT molecular complexity index is 613. The van der Waals surface area contributed by atoms with Gasteiger partial charge >= 0.3 is 0 Å². The minimum atomic E-state index is -0.370. The minimum Gasteiger partial charge on any atom is -0.340 e. The number of hydrogen-bond donors (Lipinski definition) is 1. The third-order valence-corrected chi connectivity index (χ3v) is 3.54. The smallest absolute Gasteiger partial charge is 0.147 e. The molecular formula is C17H20F2N2. The van der Waals surface area contributed by atoms with Crippen molar-refractivity contribution in [2.45, 2.75) is 19.9 Å². The van der Waals surface area contributed by atoms with Crippen LogP contribution in [-0.4, -0.2) is 13.6 Å². The summed E-state index contributed by atoms with van der Waals surface area (Å²) in [6.45, 7) is 4.74. The number of nitrogens with one attached hydrogen (secondary N) is 1. The molecule has 21 heavy (non-hydrogen) atoms. The number of benzene rings is 2. The van der Waals surface area contributed by atoms with Gasteiger partial charge in [-0.25, -0.2) is 8.78 Å². The lowest BCUT2D eigenvalue weighted by molar-refractivity contribution is 0.581. The van der Waals surface area contributed by atoms with Gasteiger partial charge in [-0.2, -0.15) is 0 Å². The van der Waals surface area contributed by atoms with Gasteiger partial charge in [-0.05, 0) is 37.2 Å². The first-order valence-corrected chi connectivity index (χ1v) is 7.06. The average molecular weight is 290 g/mol. The molecule has 0 aromatic heterocycles. The van der Waals surface area contributed by atoms with Crippen molar-refractivity contribution in [3.8, 4) is 0 Å². The fraction of sp³-hybridized carbons (Fsp3) is 0.294. The number of rotatable bonds is 5. The predicted molar refractivity (Wildman–Crippen MR) is 83.0 cm³/mol. The van der Waals surface area contributed by atoms with E-state index in [2.05, 4.69) is 5.32 Å². The molecule has 2 aromatic rings. The Morgan fingerprint density at radius 3 is 2.38 bits per heavy atom. The molecule has 0 fully saturated rings. The molecule has 0 heterocycles. The number of anilines is 2. The normalized spacial score (nSPS) is 12.2. The first kappa shape index (κ1) is 15.4. The van der Waals surface area contributed by atoms with Crippen LogP contribution in [0.2, 0.25) is 0 Å². The summed E-state index contributed by atoms with van der Waals surface area (Å²) < 4.78 is 28.3. The van der Waals surface area contributed by atoms with E-state index in [0.29, 0.717) is 11.4 Å². The molecule has 0 amide bonds. The van der Waals surface area contributed by atoms with Gasteiger partial charge in [0.15, 0.2) is 0 Å². The van der Waals surface area contributed by atoms with E-state index in [1.807, 2.05) is 19.9 Å². The summed E-state index contributed by atoms with van der Waals surface area (Å²) in [7, 11) is 1.68. The Labute approximate surface area is 124 Å². The van der Waals surface area contributed by atoms with Crippen LogP contribution in [0.25, 0.3) is 0 Å². The molecule has 0 aliphatic carbocycles. The third-order valence-electron chi connectivity index (χ3n) is 3.54. The lowest BCUT2D eigenvalue weighted by Gasteiger charge is -2.26. The summed E-state index contributed by atoms with van der Waals surface area (Å²) >= 11 is 0. The van der Waals surface area contributed by atoms with Crippen LogP contribution < -0.4 is 10.2 Å². The van der Waals surface area contributed by atoms with Gasteiger partial charge in [0.05, 0.1) is 11.4 Å². The molecule has 4 heteroatoms. The summed E-state index contributed by atoms with van der Waals surface area (Å²) in [5, 5.41) is 3.26. The van der Waals surface area contributed by atoms with Crippen molar-refractivity contribution in [2.24, 2.45) is 0 Å². The van der Waals surface area contributed by atoms with Crippen LogP contribution in [0, 0.1) is 11.6 Å². The van der Waals surface area contributed by atoms with Gasteiger partial charge in [0.2, 0.25) is 0 Å². The molecule has 2 rings (SSSR count). The van der Waals surface area contributed by atoms with Crippen LogP contribution in [0.3, 0.4) is 0 Å². The zero-order chi connectivity index (χ0) is 15.4. The zero-order valence-electron chi connectivity index (χ0n) is 12.5. The average Bonchev–Trinajstić information content (AvgIpc) is 2.47. The Balaban J connectivity index is 2.50. The number of halogens is 2. The van der Waals surface area contributed by atoms with Crippen molar-refractivity contribution in [1.82, 2.24) is 5.32 Å². The maximum atomic E-state index is 14.3. The number of nitrogens with zero attached hydrogens (tertiary/aromatic N) is 1. The van der Waals surface area contributed by atoms with Crippen LogP contribution in [0.4, 0.5) is 20.2 Å². The highest BCUT2D eigenvalue weighted by molar-refractivity contribution is 5.67. The molecule has 1 N–H and O–H groups in total. The molecule has 2 aromatic carbocycles. The van der Waals surface area contributed by atoms with Crippen LogP contribution >= 0.6 is 0 Å². The van der Waals surface area contributed by atoms with E-state index in [-0.39, 0.29) is 17.7 Å². The fourth-order valence-electron chi connectivity index (χ4n) is 2.50. The molecule has 112 valence electrons. The van der Waals surface area contributed by atoms with E-state index in [4.69, 9.17) is 0 Å². The maximum absolute atomic E-state index is 14.3. The van der Waals surface area contributed by atoms with E-state index >= 15 is 0 Å². The number of para-hydroxylation sites is 2. The Morgan fingerprint density at radius 1 is 1.05 bits per heavy atom. The van der Waals surface area contributed by atoms with Crippen molar-refractivity contribution in [3.05, 3.63) is 59.7 Å². The quantitative estimate of drug-likeness (QED) is 0.878. The molecule has 0 spiro atoms. The molecule has 1 atom stereocenters. The standard InChI is InChI=1S/C17H20F2N2/c1-4-20-12(2)13-8-7-10-15(19)17(13)21(3)16-11-6-5-9-14(16)18/h5-12,20H,4H2,1-3H3. The van der Waals surface area contributed by atoms with Crippen molar-refractivity contribution >= 4 is 11.4 Å². The highest BCUT2D eigenvalue weighted by Crippen LogP contribution is 2.34. The summed E-state index contributed by atoms with van der Waals surface area (Å²) in [6.07, 6.45) is 0. The second kappa shape index (κ2) is 6.68. The van der Waals surface area contributed by atoms with Crippen LogP contribution in [0.5, 0.6) is 0 Å². The molecule has 0 radical (unpaired) electrons. The molecule has 0 aliphatic rings. The molecular weight excluding hydrogens is 270 g/mol. The second-order valence-electron chi connectivity index (χ2n) is 4.97. The van der Waals surface area contributed by atoms with E-state index in [9.17, 15) is 8.78 Å². The van der Waals surface area contributed by atoms with Gasteiger partial charge < -0.3 is 10.2 Å². The Morgan fingerprint density at radius 2 is 1.71 bits per heavy atom. The summed E-state index contributed by atoms with van der Waals surface area (Å²) in [4.78, 5) is 1.56. The summed E-state index contributed by atoms with van der Waals surface area (Å²) in [6, 6.07) is 11.3. The third kappa shape index (κ3) is 3.22. The Hall–Kier alpha value is -1.94. The molecule has 0 saturated heterocycles. The van der Waals surface area contributed by atoms with Gasteiger partial charge in [-0.15, -0.1) is 0 Å². The molecule has 0 bridgehead atoms. The summed E-state index contributed by atoms with van der Waals surface area (Å²) in [5.41, 5.74) is 1.56. The summed E-state index contributed by atoms with van der Waals surface area (Å²) in [5.74, 6) is -0.728. The molecule has 1 unspecified atom stereocenters. The second-order valence-corrected chi connectivity index (χ2v) is 4.97. The van der Waals surface area contributed by atoms with Crippen molar-refractivity contribution in [3.63, 3.8) is 0 Å². The first-order chi connectivity index (χ1) is 10.1. The first-order valence-electron chi connectivity index (χ1n) is 7.06. The highest BCUT2D eigenvalue weighted by Gasteiger charge is 2.19. The van der Waals surface area contributed by atoms with Gasteiger partial charge in [0, 0.05) is 13.1 Å². The van der Waals surface area contributed by atoms with E-state index < -0.39 is 0 Å². The minimum absolute atomic E-state index is 0.0186. The Kier molecular flexibility index (Phi) is 4.91. The maximum Gasteiger partial charge on any atom is 0.147 e. The van der Waals surface area contributed by atoms with Gasteiger partial charge in [-0.1, -0.05) is 31.2 Å². The van der Waals surface area contributed by atoms with E-state index in [0.717, 1.165) is 12.1 Å².